The first kappa shape index (κ1) is 20.2. The van der Waals surface area contributed by atoms with Gasteiger partial charge in [0.2, 0.25) is 0 Å². The summed E-state index contributed by atoms with van der Waals surface area (Å²) >= 11 is 0. The third-order valence-electron chi connectivity index (χ3n) is 6.61. The van der Waals surface area contributed by atoms with Crippen molar-refractivity contribution in [1.82, 2.24) is 9.88 Å². The molecule has 2 aliphatic rings. The van der Waals surface area contributed by atoms with Crippen LogP contribution in [0.2, 0.25) is 0 Å². The number of pyridine rings is 1. The Labute approximate surface area is 175 Å². The maximum absolute atomic E-state index is 5.23. The van der Waals surface area contributed by atoms with E-state index in [1.807, 2.05) is 12.1 Å². The molecule has 1 saturated heterocycles. The van der Waals surface area contributed by atoms with E-state index < -0.39 is 0 Å². The van der Waals surface area contributed by atoms with Gasteiger partial charge in [0.25, 0.3) is 0 Å². The fraction of sp³-hybridized carbons (Fsp3) is 0.560. The van der Waals surface area contributed by atoms with Crippen LogP contribution in [0.5, 0.6) is 5.75 Å². The van der Waals surface area contributed by atoms with Crippen molar-refractivity contribution in [2.24, 2.45) is 0 Å². The summed E-state index contributed by atoms with van der Waals surface area (Å²) in [6.07, 6.45) is 10.6. The first-order valence-electron chi connectivity index (χ1n) is 11.4. The van der Waals surface area contributed by atoms with Gasteiger partial charge >= 0.3 is 0 Å². The van der Waals surface area contributed by atoms with Gasteiger partial charge in [-0.2, -0.15) is 0 Å². The third kappa shape index (κ3) is 5.51. The molecule has 0 bridgehead atoms. The largest absolute Gasteiger partial charge is 0.497 e. The second-order valence-electron chi connectivity index (χ2n) is 8.60. The van der Waals surface area contributed by atoms with Gasteiger partial charge in [0.05, 0.1) is 7.11 Å². The summed E-state index contributed by atoms with van der Waals surface area (Å²) in [6.45, 7) is 3.36. The number of hydrogen-bond acceptors (Lipinski definition) is 4. The van der Waals surface area contributed by atoms with Crippen LogP contribution in [0, 0.1) is 0 Å². The van der Waals surface area contributed by atoms with E-state index in [-0.39, 0.29) is 0 Å². The molecule has 4 heteroatoms. The zero-order chi connectivity index (χ0) is 19.9. The van der Waals surface area contributed by atoms with Crippen LogP contribution in [0.4, 0.5) is 5.82 Å². The lowest BCUT2D eigenvalue weighted by Crippen LogP contribution is -2.43. The summed E-state index contributed by atoms with van der Waals surface area (Å²) in [5.74, 6) is 2.49. The molecule has 4 nitrogen and oxygen atoms in total. The number of hydrogen-bond donors (Lipinski definition) is 1. The predicted octanol–water partition coefficient (Wildman–Crippen LogP) is 5.26. The maximum atomic E-state index is 5.23. The van der Waals surface area contributed by atoms with Gasteiger partial charge in [0, 0.05) is 30.7 Å². The van der Waals surface area contributed by atoms with Crippen LogP contribution in [0.3, 0.4) is 0 Å². The molecule has 1 aliphatic heterocycles. The molecule has 1 saturated carbocycles. The number of methoxy groups -OCH3 is 1. The second kappa shape index (κ2) is 10.1. The molecular formula is C25H35N3O. The number of likely N-dealkylation sites (tertiary alicyclic amines) is 1. The van der Waals surface area contributed by atoms with Crippen molar-refractivity contribution < 1.29 is 4.74 Å². The summed E-state index contributed by atoms with van der Waals surface area (Å²) in [4.78, 5) is 7.74. The van der Waals surface area contributed by atoms with Crippen LogP contribution in [-0.2, 0) is 6.42 Å². The molecule has 1 aromatic heterocycles. The quantitative estimate of drug-likeness (QED) is 0.696. The van der Waals surface area contributed by atoms with E-state index in [2.05, 4.69) is 40.5 Å². The van der Waals surface area contributed by atoms with Gasteiger partial charge in [-0.05, 0) is 68.5 Å². The molecule has 2 fully saturated rings. The van der Waals surface area contributed by atoms with E-state index in [0.717, 1.165) is 30.6 Å². The molecule has 2 aromatic rings. The first-order chi connectivity index (χ1) is 14.3. The van der Waals surface area contributed by atoms with Crippen LogP contribution < -0.4 is 10.1 Å². The molecule has 156 valence electrons. The van der Waals surface area contributed by atoms with Gasteiger partial charge in [0.1, 0.15) is 11.6 Å². The Bertz CT molecular complexity index is 755. The zero-order valence-electron chi connectivity index (χ0n) is 17.8. The van der Waals surface area contributed by atoms with Crippen molar-refractivity contribution in [3.8, 4) is 5.75 Å². The highest BCUT2D eigenvalue weighted by Gasteiger charge is 2.28. The van der Waals surface area contributed by atoms with Crippen LogP contribution in [-0.4, -0.2) is 42.7 Å². The molecule has 29 heavy (non-hydrogen) atoms. The summed E-state index contributed by atoms with van der Waals surface area (Å²) < 4.78 is 5.23. The van der Waals surface area contributed by atoms with E-state index in [0.29, 0.717) is 5.92 Å². The van der Waals surface area contributed by atoms with Crippen LogP contribution >= 0.6 is 0 Å². The van der Waals surface area contributed by atoms with Gasteiger partial charge in [0.15, 0.2) is 0 Å². The van der Waals surface area contributed by atoms with E-state index in [1.54, 1.807) is 7.11 Å². The van der Waals surface area contributed by atoms with E-state index >= 15 is 0 Å². The van der Waals surface area contributed by atoms with Crippen LogP contribution in [0.25, 0.3) is 0 Å². The fourth-order valence-corrected chi connectivity index (χ4v) is 4.93. The zero-order valence-corrected chi connectivity index (χ0v) is 17.8. The van der Waals surface area contributed by atoms with Gasteiger partial charge in [-0.15, -0.1) is 0 Å². The lowest BCUT2D eigenvalue weighted by molar-refractivity contribution is 0.118. The molecule has 1 atom stereocenters. The summed E-state index contributed by atoms with van der Waals surface area (Å²) in [5.41, 5.74) is 2.57. The Hall–Kier alpha value is -2.07. The first-order valence-corrected chi connectivity index (χ1v) is 11.4. The summed E-state index contributed by atoms with van der Waals surface area (Å²) in [7, 11) is 1.70. The normalized spacial score (nSPS) is 21.1. The Kier molecular flexibility index (Phi) is 7.04. The topological polar surface area (TPSA) is 37.4 Å². The minimum absolute atomic E-state index is 0.578. The molecule has 1 unspecified atom stereocenters. The number of piperidine rings is 1. The molecule has 0 radical (unpaired) electrons. The molecule has 1 aliphatic carbocycles. The highest BCUT2D eigenvalue weighted by Crippen LogP contribution is 2.31. The van der Waals surface area contributed by atoms with Crippen molar-refractivity contribution in [3.63, 3.8) is 0 Å². The Balaban J connectivity index is 1.31. The van der Waals surface area contributed by atoms with Crippen molar-refractivity contribution in [1.29, 1.82) is 0 Å². The molecule has 2 heterocycles. The number of anilines is 1. The second-order valence-corrected chi connectivity index (χ2v) is 8.60. The van der Waals surface area contributed by atoms with Crippen molar-refractivity contribution in [3.05, 3.63) is 53.7 Å². The van der Waals surface area contributed by atoms with E-state index in [1.165, 1.54) is 69.3 Å². The van der Waals surface area contributed by atoms with Gasteiger partial charge < -0.3 is 10.1 Å². The monoisotopic (exact) mass is 393 g/mol. The van der Waals surface area contributed by atoms with Crippen LogP contribution in [0.1, 0.15) is 62.1 Å². The van der Waals surface area contributed by atoms with Crippen molar-refractivity contribution >= 4 is 5.82 Å². The van der Waals surface area contributed by atoms with Gasteiger partial charge in [-0.3, -0.25) is 4.90 Å². The smallest absolute Gasteiger partial charge is 0.126 e. The van der Waals surface area contributed by atoms with E-state index in [4.69, 9.17) is 9.72 Å². The van der Waals surface area contributed by atoms with Gasteiger partial charge in [-0.25, -0.2) is 4.98 Å². The average Bonchev–Trinajstić information content (AvgIpc) is 2.80. The minimum Gasteiger partial charge on any atom is -0.497 e. The Morgan fingerprint density at radius 3 is 2.62 bits per heavy atom. The maximum Gasteiger partial charge on any atom is 0.126 e. The number of nitrogens with one attached hydrogen (secondary N) is 1. The minimum atomic E-state index is 0.578. The Morgan fingerprint density at radius 2 is 1.83 bits per heavy atom. The summed E-state index contributed by atoms with van der Waals surface area (Å²) in [6, 6.07) is 15.6. The number of ether oxygens (including phenoxy) is 1. The van der Waals surface area contributed by atoms with Crippen molar-refractivity contribution in [2.75, 3.05) is 32.1 Å². The number of rotatable bonds is 7. The summed E-state index contributed by atoms with van der Waals surface area (Å²) in [5, 5.41) is 3.52. The third-order valence-corrected chi connectivity index (χ3v) is 6.61. The van der Waals surface area contributed by atoms with Crippen LogP contribution in [0.15, 0.2) is 42.5 Å². The molecule has 0 amide bonds. The number of aromatic nitrogens is 1. The lowest BCUT2D eigenvalue weighted by atomic mass is 9.89. The standard InChI is InChI=1S/C25H35N3O/c1-29-23-14-12-20(13-15-23)16-17-26-25-11-5-10-24(27-25)21-7-6-18-28(19-21)22-8-3-2-4-9-22/h5,10-15,21-22H,2-4,6-9,16-19H2,1H3,(H,26,27). The fourth-order valence-electron chi connectivity index (χ4n) is 4.93. The average molecular weight is 394 g/mol. The van der Waals surface area contributed by atoms with E-state index in [9.17, 15) is 0 Å². The number of benzene rings is 1. The van der Waals surface area contributed by atoms with Gasteiger partial charge in [-0.1, -0.05) is 37.5 Å². The molecule has 1 aromatic carbocycles. The predicted molar refractivity (Wildman–Crippen MR) is 120 cm³/mol. The molecular weight excluding hydrogens is 358 g/mol. The number of nitrogens with zero attached hydrogens (tertiary/aromatic N) is 2. The highest BCUT2D eigenvalue weighted by atomic mass is 16.5. The molecule has 1 N–H and O–H groups in total. The highest BCUT2D eigenvalue weighted by molar-refractivity contribution is 5.37. The molecule has 0 spiro atoms. The van der Waals surface area contributed by atoms with Crippen molar-refractivity contribution in [2.45, 2.75) is 63.3 Å². The Morgan fingerprint density at radius 1 is 1.00 bits per heavy atom. The molecule has 4 rings (SSSR count). The lowest BCUT2D eigenvalue weighted by Gasteiger charge is -2.40. The SMILES string of the molecule is COc1ccc(CCNc2cccc(C3CCCN(C4CCCCC4)C3)n2)cc1.